The molecule has 0 radical (unpaired) electrons. The van der Waals surface area contributed by atoms with Crippen LogP contribution in [0.4, 0.5) is 0 Å². The maximum Gasteiger partial charge on any atom is 0.119 e. The van der Waals surface area contributed by atoms with Crippen molar-refractivity contribution in [1.82, 2.24) is 4.90 Å². The summed E-state index contributed by atoms with van der Waals surface area (Å²) in [5, 5.41) is 0. The van der Waals surface area contributed by atoms with E-state index in [1.807, 2.05) is 30.3 Å². The van der Waals surface area contributed by atoms with Crippen LogP contribution >= 0.6 is 0 Å². The van der Waals surface area contributed by atoms with Gasteiger partial charge in [0.2, 0.25) is 0 Å². The third-order valence-corrected chi connectivity index (χ3v) is 3.92. The molecule has 1 heterocycles. The summed E-state index contributed by atoms with van der Waals surface area (Å²) in [6, 6.07) is 9.83. The van der Waals surface area contributed by atoms with Crippen LogP contribution < -0.4 is 10.5 Å². The van der Waals surface area contributed by atoms with Crippen molar-refractivity contribution in [3.63, 3.8) is 0 Å². The number of nitrogens with zero attached hydrogens (tertiary/aromatic N) is 1. The molecule has 1 saturated heterocycles. The molecule has 0 saturated carbocycles. The molecule has 1 atom stereocenters. The summed E-state index contributed by atoms with van der Waals surface area (Å²) in [4.78, 5) is 2.44. The molecule has 0 bridgehead atoms. The Hall–Kier alpha value is -1.10. The zero-order valence-electron chi connectivity index (χ0n) is 12.4. The van der Waals surface area contributed by atoms with Gasteiger partial charge in [-0.2, -0.15) is 0 Å². The van der Waals surface area contributed by atoms with Crippen LogP contribution in [0.1, 0.15) is 13.3 Å². The number of hydrogen-bond acceptors (Lipinski definition) is 4. The van der Waals surface area contributed by atoms with Crippen molar-refractivity contribution in [2.45, 2.75) is 13.3 Å². The Morgan fingerprint density at radius 1 is 1.20 bits per heavy atom. The third kappa shape index (κ3) is 4.78. The second-order valence-corrected chi connectivity index (χ2v) is 5.81. The molecule has 20 heavy (non-hydrogen) atoms. The molecule has 0 amide bonds. The molecule has 1 fully saturated rings. The van der Waals surface area contributed by atoms with Crippen molar-refractivity contribution in [3.05, 3.63) is 30.3 Å². The van der Waals surface area contributed by atoms with E-state index in [4.69, 9.17) is 15.2 Å². The van der Waals surface area contributed by atoms with Crippen molar-refractivity contribution >= 4 is 0 Å². The highest BCUT2D eigenvalue weighted by Crippen LogP contribution is 2.27. The van der Waals surface area contributed by atoms with Crippen LogP contribution in [0.5, 0.6) is 5.75 Å². The van der Waals surface area contributed by atoms with E-state index in [0.29, 0.717) is 18.6 Å². The van der Waals surface area contributed by atoms with Gasteiger partial charge in [-0.15, -0.1) is 0 Å². The van der Waals surface area contributed by atoms with Crippen LogP contribution in [-0.4, -0.2) is 50.9 Å². The first-order valence-corrected chi connectivity index (χ1v) is 7.40. The third-order valence-electron chi connectivity index (χ3n) is 3.92. The number of nitrogens with two attached hydrogens (primary N) is 1. The average Bonchev–Trinajstić information content (AvgIpc) is 2.86. The van der Waals surface area contributed by atoms with Crippen LogP contribution in [0.25, 0.3) is 0 Å². The van der Waals surface area contributed by atoms with E-state index in [-0.39, 0.29) is 0 Å². The minimum atomic E-state index is 0.302. The summed E-state index contributed by atoms with van der Waals surface area (Å²) in [6.07, 6.45) is 1.20. The molecule has 0 aliphatic carbocycles. The predicted octanol–water partition coefficient (Wildman–Crippen LogP) is 1.75. The zero-order valence-corrected chi connectivity index (χ0v) is 12.4. The van der Waals surface area contributed by atoms with Crippen molar-refractivity contribution in [3.8, 4) is 5.75 Å². The van der Waals surface area contributed by atoms with E-state index in [0.717, 1.165) is 38.5 Å². The highest BCUT2D eigenvalue weighted by atomic mass is 16.5. The van der Waals surface area contributed by atoms with Gasteiger partial charge in [0.05, 0.1) is 13.2 Å². The molecule has 0 aromatic heterocycles. The molecule has 1 aliphatic rings. The van der Waals surface area contributed by atoms with Gasteiger partial charge in [0, 0.05) is 13.1 Å². The second kappa shape index (κ2) is 7.62. The summed E-state index contributed by atoms with van der Waals surface area (Å²) >= 11 is 0. The molecule has 1 unspecified atom stereocenters. The molecule has 1 aliphatic heterocycles. The maximum absolute atomic E-state index is 5.81. The highest BCUT2D eigenvalue weighted by molar-refractivity contribution is 5.20. The van der Waals surface area contributed by atoms with E-state index in [1.165, 1.54) is 6.42 Å². The molecule has 4 heteroatoms. The van der Waals surface area contributed by atoms with Gasteiger partial charge in [-0.05, 0) is 37.1 Å². The second-order valence-electron chi connectivity index (χ2n) is 5.81. The Morgan fingerprint density at radius 2 is 2.00 bits per heavy atom. The lowest BCUT2D eigenvalue weighted by atomic mass is 9.90. The molecule has 0 spiro atoms. The molecule has 4 nitrogen and oxygen atoms in total. The number of para-hydroxylation sites is 1. The summed E-state index contributed by atoms with van der Waals surface area (Å²) in [5.41, 5.74) is 6.11. The fourth-order valence-electron chi connectivity index (χ4n) is 2.51. The number of hydrogen-bond donors (Lipinski definition) is 1. The van der Waals surface area contributed by atoms with Gasteiger partial charge < -0.3 is 20.1 Å². The largest absolute Gasteiger partial charge is 0.491 e. The van der Waals surface area contributed by atoms with E-state index in [9.17, 15) is 0 Å². The van der Waals surface area contributed by atoms with Crippen molar-refractivity contribution in [1.29, 1.82) is 0 Å². The van der Waals surface area contributed by atoms with Crippen LogP contribution in [-0.2, 0) is 4.74 Å². The van der Waals surface area contributed by atoms with Crippen LogP contribution in [0, 0.1) is 5.41 Å². The minimum absolute atomic E-state index is 0.302. The SMILES string of the molecule is CC1(CN)CCN(CCOCCOc2ccccc2)C1. The lowest BCUT2D eigenvalue weighted by molar-refractivity contribution is 0.0825. The Bertz CT molecular complexity index is 385. The minimum Gasteiger partial charge on any atom is -0.491 e. The van der Waals surface area contributed by atoms with Gasteiger partial charge in [-0.1, -0.05) is 25.1 Å². The monoisotopic (exact) mass is 278 g/mol. The maximum atomic E-state index is 5.81. The van der Waals surface area contributed by atoms with Crippen LogP contribution in [0.15, 0.2) is 30.3 Å². The van der Waals surface area contributed by atoms with E-state index in [1.54, 1.807) is 0 Å². The molecular weight excluding hydrogens is 252 g/mol. The zero-order chi connectivity index (χ0) is 14.3. The van der Waals surface area contributed by atoms with Gasteiger partial charge in [0.1, 0.15) is 12.4 Å². The normalized spacial score (nSPS) is 23.1. The number of ether oxygens (including phenoxy) is 2. The van der Waals surface area contributed by atoms with Gasteiger partial charge >= 0.3 is 0 Å². The van der Waals surface area contributed by atoms with Crippen molar-refractivity contribution in [2.75, 3.05) is 46.0 Å². The lowest BCUT2D eigenvalue weighted by Crippen LogP contribution is -2.32. The molecule has 2 rings (SSSR count). The first-order valence-electron chi connectivity index (χ1n) is 7.40. The van der Waals surface area contributed by atoms with Crippen LogP contribution in [0.3, 0.4) is 0 Å². The summed E-state index contributed by atoms with van der Waals surface area (Å²) in [7, 11) is 0. The summed E-state index contributed by atoms with van der Waals surface area (Å²) < 4.78 is 11.2. The number of rotatable bonds is 8. The number of likely N-dealkylation sites (tertiary alicyclic amines) is 1. The Balaban J connectivity index is 1.50. The molecule has 112 valence electrons. The smallest absolute Gasteiger partial charge is 0.119 e. The van der Waals surface area contributed by atoms with Crippen LogP contribution in [0.2, 0.25) is 0 Å². The fraction of sp³-hybridized carbons (Fsp3) is 0.625. The van der Waals surface area contributed by atoms with Gasteiger partial charge in [-0.3, -0.25) is 0 Å². The predicted molar refractivity (Wildman–Crippen MR) is 81.0 cm³/mol. The standard InChI is InChI=1S/C16H26N2O2/c1-16(13-17)7-8-18(14-16)9-10-19-11-12-20-15-5-3-2-4-6-15/h2-6H,7-14,17H2,1H3. The topological polar surface area (TPSA) is 47.7 Å². The Labute approximate surface area is 121 Å². The Kier molecular flexibility index (Phi) is 5.83. The van der Waals surface area contributed by atoms with Crippen molar-refractivity contribution in [2.24, 2.45) is 11.1 Å². The lowest BCUT2D eigenvalue weighted by Gasteiger charge is -2.22. The van der Waals surface area contributed by atoms with Gasteiger partial charge in [0.25, 0.3) is 0 Å². The van der Waals surface area contributed by atoms with Gasteiger partial charge in [-0.25, -0.2) is 0 Å². The molecular formula is C16H26N2O2. The fourth-order valence-corrected chi connectivity index (χ4v) is 2.51. The molecule has 1 aromatic carbocycles. The summed E-state index contributed by atoms with van der Waals surface area (Å²) in [6.45, 7) is 8.25. The molecule has 1 aromatic rings. The Morgan fingerprint density at radius 3 is 2.70 bits per heavy atom. The average molecular weight is 278 g/mol. The first kappa shape index (κ1) is 15.3. The van der Waals surface area contributed by atoms with E-state index < -0.39 is 0 Å². The van der Waals surface area contributed by atoms with Gasteiger partial charge in [0.15, 0.2) is 0 Å². The molecule has 2 N–H and O–H groups in total. The van der Waals surface area contributed by atoms with Crippen molar-refractivity contribution < 1.29 is 9.47 Å². The number of benzene rings is 1. The first-order chi connectivity index (χ1) is 9.72. The van der Waals surface area contributed by atoms with E-state index >= 15 is 0 Å². The summed E-state index contributed by atoms with van der Waals surface area (Å²) in [5.74, 6) is 0.898. The highest BCUT2D eigenvalue weighted by Gasteiger charge is 2.31. The quantitative estimate of drug-likeness (QED) is 0.736. The van der Waals surface area contributed by atoms with E-state index in [2.05, 4.69) is 11.8 Å².